The Morgan fingerprint density at radius 3 is 2.67 bits per heavy atom. The number of amides is 1. The molecule has 0 unspecified atom stereocenters. The van der Waals surface area contributed by atoms with Crippen molar-refractivity contribution in [3.63, 3.8) is 0 Å². The number of primary amides is 1. The molecule has 0 aliphatic carbocycles. The van der Waals surface area contributed by atoms with Crippen molar-refractivity contribution in [2.45, 2.75) is 13.0 Å². The normalized spacial score (nSPS) is 10.8. The van der Waals surface area contributed by atoms with Gasteiger partial charge < -0.3 is 15.0 Å². The van der Waals surface area contributed by atoms with Crippen LogP contribution in [0.2, 0.25) is 10.2 Å². The molecule has 0 spiro atoms. The number of benzene rings is 2. The van der Waals surface area contributed by atoms with Crippen LogP contribution in [0.5, 0.6) is 11.5 Å². The van der Waals surface area contributed by atoms with Crippen LogP contribution >= 0.6 is 23.2 Å². The monoisotopic (exact) mass is 454 g/mol. The van der Waals surface area contributed by atoms with Crippen LogP contribution in [-0.2, 0) is 6.54 Å². The van der Waals surface area contributed by atoms with Crippen molar-refractivity contribution < 1.29 is 22.7 Å². The summed E-state index contributed by atoms with van der Waals surface area (Å²) in [4.78, 5) is 15.3. The fraction of sp³-hybridized carbons (Fsp3) is 0.105. The lowest BCUT2D eigenvalue weighted by Crippen LogP contribution is -2.18. The topological polar surface area (TPSA) is 93.9 Å². The third kappa shape index (κ3) is 4.35. The van der Waals surface area contributed by atoms with E-state index in [-0.39, 0.29) is 39.3 Å². The van der Waals surface area contributed by atoms with Gasteiger partial charge in [-0.15, -0.1) is 0 Å². The highest BCUT2D eigenvalue weighted by atomic mass is 35.5. The second-order valence-corrected chi connectivity index (χ2v) is 6.82. The molecule has 30 heavy (non-hydrogen) atoms. The Morgan fingerprint density at radius 1 is 1.30 bits per heavy atom. The maximum Gasteiger partial charge on any atom is 0.268 e. The summed E-state index contributed by atoms with van der Waals surface area (Å²) in [5.41, 5.74) is 4.40. The lowest BCUT2D eigenvalue weighted by Gasteiger charge is -2.15. The van der Waals surface area contributed by atoms with Gasteiger partial charge in [0.1, 0.15) is 11.4 Å². The molecular formula is C19H11Cl2F3N4O2. The van der Waals surface area contributed by atoms with Crippen LogP contribution in [0, 0.1) is 17.1 Å². The SMILES string of the molecule is N#Cc1cc(Cl)cc(Oc2c(C(F)F)ccc(Cn3cnc(Cl)c3C(N)=O)c2F)c1. The molecule has 0 aliphatic rings. The van der Waals surface area contributed by atoms with E-state index in [2.05, 4.69) is 4.98 Å². The van der Waals surface area contributed by atoms with Crippen LogP contribution in [0.15, 0.2) is 36.7 Å². The van der Waals surface area contributed by atoms with Crippen LogP contribution < -0.4 is 10.5 Å². The number of halogens is 5. The number of hydrogen-bond acceptors (Lipinski definition) is 4. The molecule has 0 aliphatic heterocycles. The molecule has 3 rings (SSSR count). The lowest BCUT2D eigenvalue weighted by atomic mass is 10.1. The minimum Gasteiger partial charge on any atom is -0.454 e. The van der Waals surface area contributed by atoms with Gasteiger partial charge in [0.2, 0.25) is 0 Å². The molecule has 0 saturated heterocycles. The summed E-state index contributed by atoms with van der Waals surface area (Å²) < 4.78 is 48.6. The van der Waals surface area contributed by atoms with Gasteiger partial charge in [-0.3, -0.25) is 4.79 Å². The van der Waals surface area contributed by atoms with Crippen molar-refractivity contribution in [1.29, 1.82) is 5.26 Å². The maximum atomic E-state index is 15.1. The first kappa shape index (κ1) is 21.5. The summed E-state index contributed by atoms with van der Waals surface area (Å²) in [7, 11) is 0. The van der Waals surface area contributed by atoms with Gasteiger partial charge in [-0.1, -0.05) is 29.3 Å². The van der Waals surface area contributed by atoms with E-state index in [1.165, 1.54) is 29.1 Å². The van der Waals surface area contributed by atoms with Crippen molar-refractivity contribution in [1.82, 2.24) is 9.55 Å². The number of aromatic nitrogens is 2. The van der Waals surface area contributed by atoms with Crippen LogP contribution in [0.1, 0.15) is 33.6 Å². The maximum absolute atomic E-state index is 15.1. The zero-order valence-corrected chi connectivity index (χ0v) is 16.4. The van der Waals surface area contributed by atoms with Gasteiger partial charge in [-0.05, 0) is 24.3 Å². The molecule has 0 fully saturated rings. The fourth-order valence-electron chi connectivity index (χ4n) is 2.72. The van der Waals surface area contributed by atoms with Crippen molar-refractivity contribution in [3.8, 4) is 17.6 Å². The molecule has 1 amide bonds. The highest BCUT2D eigenvalue weighted by Gasteiger charge is 2.23. The van der Waals surface area contributed by atoms with Gasteiger partial charge in [-0.2, -0.15) is 5.26 Å². The van der Waals surface area contributed by atoms with Crippen LogP contribution in [-0.4, -0.2) is 15.5 Å². The highest BCUT2D eigenvalue weighted by molar-refractivity contribution is 6.32. The quantitative estimate of drug-likeness (QED) is 0.561. The van der Waals surface area contributed by atoms with Crippen LogP contribution in [0.4, 0.5) is 13.2 Å². The van der Waals surface area contributed by atoms with Crippen molar-refractivity contribution in [2.24, 2.45) is 5.73 Å². The van der Waals surface area contributed by atoms with Crippen LogP contribution in [0.3, 0.4) is 0 Å². The highest BCUT2D eigenvalue weighted by Crippen LogP contribution is 2.37. The van der Waals surface area contributed by atoms with Crippen molar-refractivity contribution in [3.05, 3.63) is 75.0 Å². The van der Waals surface area contributed by atoms with Gasteiger partial charge in [0, 0.05) is 10.6 Å². The zero-order chi connectivity index (χ0) is 22.0. The first-order valence-corrected chi connectivity index (χ1v) is 8.95. The number of hydrogen-bond donors (Lipinski definition) is 1. The number of nitrogens with zero attached hydrogens (tertiary/aromatic N) is 3. The van der Waals surface area contributed by atoms with E-state index in [1.807, 2.05) is 6.07 Å². The second kappa shape index (κ2) is 8.65. The molecule has 154 valence electrons. The summed E-state index contributed by atoms with van der Waals surface area (Å²) in [5, 5.41) is 8.95. The Labute approximate surface area is 178 Å². The number of alkyl halides is 2. The lowest BCUT2D eigenvalue weighted by molar-refractivity contribution is 0.0992. The molecule has 0 saturated carbocycles. The molecular weight excluding hydrogens is 444 g/mol. The zero-order valence-electron chi connectivity index (χ0n) is 14.9. The Balaban J connectivity index is 2.06. The summed E-state index contributed by atoms with van der Waals surface area (Å²) in [6.07, 6.45) is -1.87. The smallest absolute Gasteiger partial charge is 0.268 e. The van der Waals surface area contributed by atoms with Gasteiger partial charge >= 0.3 is 0 Å². The molecule has 3 aromatic rings. The number of carbonyl (C=O) groups excluding carboxylic acids is 1. The Morgan fingerprint density at radius 2 is 2.03 bits per heavy atom. The minimum absolute atomic E-state index is 0.0894. The molecule has 2 N–H and O–H groups in total. The number of rotatable bonds is 6. The molecule has 0 bridgehead atoms. The second-order valence-electron chi connectivity index (χ2n) is 6.02. The molecule has 0 atom stereocenters. The Kier molecular flexibility index (Phi) is 6.20. The number of ether oxygens (including phenoxy) is 1. The average Bonchev–Trinajstić information content (AvgIpc) is 3.04. The van der Waals surface area contributed by atoms with E-state index >= 15 is 4.39 Å². The predicted octanol–water partition coefficient (Wildman–Crippen LogP) is 5.08. The predicted molar refractivity (Wildman–Crippen MR) is 102 cm³/mol. The first-order valence-electron chi connectivity index (χ1n) is 8.19. The first-order chi connectivity index (χ1) is 14.2. The Hall–Kier alpha value is -3.22. The van der Waals surface area contributed by atoms with Gasteiger partial charge in [0.25, 0.3) is 12.3 Å². The third-order valence-electron chi connectivity index (χ3n) is 4.03. The fourth-order valence-corrected chi connectivity index (χ4v) is 3.19. The number of imidazole rings is 1. The van der Waals surface area contributed by atoms with E-state index in [0.717, 1.165) is 12.1 Å². The molecule has 2 aromatic carbocycles. The van der Waals surface area contributed by atoms with Crippen LogP contribution in [0.25, 0.3) is 0 Å². The van der Waals surface area contributed by atoms with Gasteiger partial charge in [0.05, 0.1) is 30.1 Å². The van der Waals surface area contributed by atoms with E-state index < -0.39 is 29.5 Å². The summed E-state index contributed by atoms with van der Waals surface area (Å²) in [6.45, 7) is -0.275. The standard InChI is InChI=1S/C19H11Cl2F3N4O2/c20-11-3-9(6-25)4-12(5-11)30-16-13(18(23)24)2-1-10(14(16)22)7-28-8-27-17(21)15(28)19(26)29/h1-5,8,18H,7H2,(H2,26,29). The number of nitriles is 1. The average molecular weight is 455 g/mol. The summed E-state index contributed by atoms with van der Waals surface area (Å²) >= 11 is 11.7. The number of nitrogens with two attached hydrogens (primary N) is 1. The van der Waals surface area contributed by atoms with E-state index in [1.54, 1.807) is 0 Å². The minimum atomic E-state index is -3.04. The largest absolute Gasteiger partial charge is 0.454 e. The van der Waals surface area contributed by atoms with Crippen molar-refractivity contribution >= 4 is 29.1 Å². The van der Waals surface area contributed by atoms with E-state index in [4.69, 9.17) is 38.9 Å². The molecule has 1 aromatic heterocycles. The summed E-state index contributed by atoms with van der Waals surface area (Å²) in [6, 6.07) is 7.78. The Bertz CT molecular complexity index is 1180. The molecule has 6 nitrogen and oxygen atoms in total. The van der Waals surface area contributed by atoms with Crippen molar-refractivity contribution in [2.75, 3.05) is 0 Å². The number of carbonyl (C=O) groups is 1. The van der Waals surface area contributed by atoms with Gasteiger partial charge in [-0.25, -0.2) is 18.2 Å². The molecule has 11 heteroatoms. The van der Waals surface area contributed by atoms with Gasteiger partial charge in [0.15, 0.2) is 16.7 Å². The van der Waals surface area contributed by atoms with E-state index in [0.29, 0.717) is 0 Å². The summed E-state index contributed by atoms with van der Waals surface area (Å²) in [5.74, 6) is -2.81. The van der Waals surface area contributed by atoms with E-state index in [9.17, 15) is 13.6 Å². The third-order valence-corrected chi connectivity index (χ3v) is 4.52. The molecule has 1 heterocycles. The molecule has 0 radical (unpaired) electrons.